The van der Waals surface area contributed by atoms with E-state index in [1.807, 2.05) is 0 Å². The van der Waals surface area contributed by atoms with Gasteiger partial charge < -0.3 is 9.47 Å². The van der Waals surface area contributed by atoms with E-state index in [4.69, 9.17) is 9.47 Å². The summed E-state index contributed by atoms with van der Waals surface area (Å²) in [4.78, 5) is 37.8. The van der Waals surface area contributed by atoms with Crippen molar-refractivity contribution in [1.29, 1.82) is 0 Å². The first-order valence-electron chi connectivity index (χ1n) is 8.09. The number of fused-ring (bicyclic) bond motifs is 1. The number of halogens is 1. The molecule has 8 heteroatoms. The summed E-state index contributed by atoms with van der Waals surface area (Å²) in [5.74, 6) is -1.04. The molecule has 136 valence electrons. The molecule has 0 aromatic heterocycles. The van der Waals surface area contributed by atoms with Crippen LogP contribution in [0.25, 0.3) is 6.08 Å². The third-order valence-corrected chi connectivity index (χ3v) is 4.06. The Morgan fingerprint density at radius 1 is 0.963 bits per heavy atom. The molecule has 1 N–H and O–H groups in total. The maximum absolute atomic E-state index is 13.1. The molecule has 27 heavy (non-hydrogen) atoms. The zero-order valence-corrected chi connectivity index (χ0v) is 13.9. The molecule has 7 nitrogen and oxygen atoms in total. The van der Waals surface area contributed by atoms with E-state index >= 15 is 0 Å². The number of rotatable bonds is 2. The van der Waals surface area contributed by atoms with Gasteiger partial charge in [-0.2, -0.15) is 0 Å². The van der Waals surface area contributed by atoms with E-state index in [1.54, 1.807) is 18.2 Å². The fraction of sp³-hybridized carbons (Fsp3) is 0.105. The number of benzene rings is 2. The largest absolute Gasteiger partial charge is 0.486 e. The van der Waals surface area contributed by atoms with Crippen LogP contribution in [0.3, 0.4) is 0 Å². The number of carbonyl (C=O) groups is 3. The van der Waals surface area contributed by atoms with Gasteiger partial charge in [0.05, 0.1) is 5.69 Å². The summed E-state index contributed by atoms with van der Waals surface area (Å²) in [6.07, 6.45) is 1.36. The van der Waals surface area contributed by atoms with E-state index < -0.39 is 23.7 Å². The van der Waals surface area contributed by atoms with Crippen molar-refractivity contribution in [3.63, 3.8) is 0 Å². The Labute approximate surface area is 153 Å². The number of hydrogen-bond acceptors (Lipinski definition) is 5. The Bertz CT molecular complexity index is 984. The summed E-state index contributed by atoms with van der Waals surface area (Å²) >= 11 is 0. The van der Waals surface area contributed by atoms with Crippen LogP contribution in [0.4, 0.5) is 14.9 Å². The highest BCUT2D eigenvalue weighted by Gasteiger charge is 2.36. The van der Waals surface area contributed by atoms with Crippen molar-refractivity contribution in [3.8, 4) is 11.5 Å². The molecule has 4 amide bonds. The van der Waals surface area contributed by atoms with E-state index in [-0.39, 0.29) is 11.3 Å². The molecule has 0 bridgehead atoms. The van der Waals surface area contributed by atoms with Crippen LogP contribution in [0.15, 0.2) is 48.0 Å². The summed E-state index contributed by atoms with van der Waals surface area (Å²) in [7, 11) is 0. The van der Waals surface area contributed by atoms with Crippen LogP contribution in [-0.2, 0) is 9.59 Å². The summed E-state index contributed by atoms with van der Waals surface area (Å²) < 4.78 is 24.0. The molecule has 2 aromatic carbocycles. The standard InChI is InChI=1S/C19H13FN2O5/c20-12-2-4-13(5-3-12)22-18(24)14(17(23)21-19(22)25)9-11-1-6-15-16(10-11)27-8-7-26-15/h1-6,9-10H,7-8H2,(H,21,23,25)/b14-9+. The van der Waals surface area contributed by atoms with Gasteiger partial charge in [0.25, 0.3) is 11.8 Å². The minimum Gasteiger partial charge on any atom is -0.486 e. The van der Waals surface area contributed by atoms with E-state index in [9.17, 15) is 18.8 Å². The average Bonchev–Trinajstić information content (AvgIpc) is 2.66. The number of hydrogen-bond donors (Lipinski definition) is 1. The second-order valence-electron chi connectivity index (χ2n) is 5.84. The first kappa shape index (κ1) is 16.8. The molecule has 2 aliphatic rings. The number of imide groups is 2. The van der Waals surface area contributed by atoms with Gasteiger partial charge in [-0.1, -0.05) is 6.07 Å². The van der Waals surface area contributed by atoms with Crippen molar-refractivity contribution >= 4 is 29.6 Å². The van der Waals surface area contributed by atoms with Gasteiger partial charge in [0.1, 0.15) is 24.6 Å². The van der Waals surface area contributed by atoms with E-state index in [2.05, 4.69) is 5.32 Å². The Kier molecular flexibility index (Phi) is 4.08. The minimum absolute atomic E-state index is 0.152. The van der Waals surface area contributed by atoms with Gasteiger partial charge in [0.2, 0.25) is 0 Å². The molecule has 1 fully saturated rings. The lowest BCUT2D eigenvalue weighted by Crippen LogP contribution is -2.54. The first-order chi connectivity index (χ1) is 13.0. The lowest BCUT2D eigenvalue weighted by atomic mass is 10.1. The summed E-state index contributed by atoms with van der Waals surface area (Å²) in [5, 5.41) is 2.11. The maximum Gasteiger partial charge on any atom is 0.335 e. The monoisotopic (exact) mass is 368 g/mol. The van der Waals surface area contributed by atoms with Crippen molar-refractivity contribution < 1.29 is 28.2 Å². The summed E-state index contributed by atoms with van der Waals surface area (Å²) in [6, 6.07) is 8.90. The maximum atomic E-state index is 13.1. The Morgan fingerprint density at radius 2 is 1.67 bits per heavy atom. The molecule has 0 unspecified atom stereocenters. The Hall–Kier alpha value is -3.68. The van der Waals surface area contributed by atoms with Crippen LogP contribution >= 0.6 is 0 Å². The van der Waals surface area contributed by atoms with E-state index in [0.717, 1.165) is 17.0 Å². The van der Waals surface area contributed by atoms with Crippen LogP contribution < -0.4 is 19.7 Å². The number of anilines is 1. The number of carbonyl (C=O) groups excluding carboxylic acids is 3. The van der Waals surface area contributed by atoms with E-state index in [0.29, 0.717) is 30.3 Å². The molecule has 2 heterocycles. The topological polar surface area (TPSA) is 84.9 Å². The van der Waals surface area contributed by atoms with Crippen molar-refractivity contribution in [2.24, 2.45) is 0 Å². The number of urea groups is 1. The molecule has 2 aliphatic heterocycles. The molecule has 4 rings (SSSR count). The van der Waals surface area contributed by atoms with Crippen LogP contribution in [0, 0.1) is 5.82 Å². The zero-order chi connectivity index (χ0) is 19.0. The first-order valence-corrected chi connectivity index (χ1v) is 8.09. The highest BCUT2D eigenvalue weighted by Crippen LogP contribution is 2.32. The predicted molar refractivity (Wildman–Crippen MR) is 92.8 cm³/mol. The number of ether oxygens (including phenoxy) is 2. The molecule has 0 spiro atoms. The number of amides is 4. The third-order valence-electron chi connectivity index (χ3n) is 4.06. The fourth-order valence-corrected chi connectivity index (χ4v) is 2.80. The average molecular weight is 368 g/mol. The number of barbiturate groups is 1. The molecule has 2 aromatic rings. The van der Waals surface area contributed by atoms with Gasteiger partial charge in [-0.05, 0) is 48.0 Å². The van der Waals surface area contributed by atoms with Crippen molar-refractivity contribution in [2.45, 2.75) is 0 Å². The van der Waals surface area contributed by atoms with Crippen molar-refractivity contribution in [1.82, 2.24) is 5.32 Å². The highest BCUT2D eigenvalue weighted by atomic mass is 19.1. The van der Waals surface area contributed by atoms with Gasteiger partial charge in [0.15, 0.2) is 11.5 Å². The van der Waals surface area contributed by atoms with Gasteiger partial charge in [0, 0.05) is 0 Å². The normalized spacial score (nSPS) is 17.9. The SMILES string of the molecule is O=C1NC(=O)N(c2ccc(F)cc2)C(=O)/C1=C/c1ccc2c(c1)OCCO2. The van der Waals surface area contributed by atoms with Gasteiger partial charge >= 0.3 is 6.03 Å². The van der Waals surface area contributed by atoms with Gasteiger partial charge in [-0.25, -0.2) is 14.1 Å². The van der Waals surface area contributed by atoms with Gasteiger partial charge in [-0.3, -0.25) is 14.9 Å². The van der Waals surface area contributed by atoms with Crippen molar-refractivity contribution in [3.05, 3.63) is 59.4 Å². The van der Waals surface area contributed by atoms with Crippen LogP contribution in [0.5, 0.6) is 11.5 Å². The van der Waals surface area contributed by atoms with Gasteiger partial charge in [-0.15, -0.1) is 0 Å². The van der Waals surface area contributed by atoms with Crippen molar-refractivity contribution in [2.75, 3.05) is 18.1 Å². The quantitative estimate of drug-likeness (QED) is 0.649. The third kappa shape index (κ3) is 3.12. The predicted octanol–water partition coefficient (Wildman–Crippen LogP) is 2.26. The van der Waals surface area contributed by atoms with Crippen LogP contribution in [0.2, 0.25) is 0 Å². The minimum atomic E-state index is -0.893. The number of nitrogens with zero attached hydrogens (tertiary/aromatic N) is 1. The molecule has 0 aliphatic carbocycles. The lowest BCUT2D eigenvalue weighted by molar-refractivity contribution is -0.122. The fourth-order valence-electron chi connectivity index (χ4n) is 2.80. The molecular formula is C19H13FN2O5. The number of nitrogens with one attached hydrogen (secondary N) is 1. The highest BCUT2D eigenvalue weighted by molar-refractivity contribution is 6.39. The zero-order valence-electron chi connectivity index (χ0n) is 13.9. The Morgan fingerprint density at radius 3 is 2.41 bits per heavy atom. The van der Waals surface area contributed by atoms with E-state index in [1.165, 1.54) is 18.2 Å². The van der Waals surface area contributed by atoms with Crippen LogP contribution in [0.1, 0.15) is 5.56 Å². The molecular weight excluding hydrogens is 355 g/mol. The summed E-state index contributed by atoms with van der Waals surface area (Å²) in [6.45, 7) is 0.850. The molecule has 0 saturated carbocycles. The molecule has 1 saturated heterocycles. The second kappa shape index (κ2) is 6.56. The summed E-state index contributed by atoms with van der Waals surface area (Å²) in [5.41, 5.74) is 0.459. The second-order valence-corrected chi connectivity index (χ2v) is 5.84. The molecule has 0 atom stereocenters. The molecule has 0 radical (unpaired) electrons. The van der Waals surface area contributed by atoms with Crippen LogP contribution in [-0.4, -0.2) is 31.1 Å². The lowest BCUT2D eigenvalue weighted by Gasteiger charge is -2.26. The Balaban J connectivity index is 1.70. The smallest absolute Gasteiger partial charge is 0.335 e.